The van der Waals surface area contributed by atoms with Crippen LogP contribution in [0.4, 0.5) is 0 Å². The van der Waals surface area contributed by atoms with Gasteiger partial charge in [-0.25, -0.2) is 0 Å². The van der Waals surface area contributed by atoms with Crippen LogP contribution in [0, 0.1) is 40.4 Å². The average Bonchev–Trinajstić information content (AvgIpc) is 2.73. The molecule has 4 rings (SSSR count). The summed E-state index contributed by atoms with van der Waals surface area (Å²) in [5, 5.41) is 10.5. The molecule has 0 saturated heterocycles. The van der Waals surface area contributed by atoms with Crippen molar-refractivity contribution < 1.29 is 5.11 Å². The van der Waals surface area contributed by atoms with E-state index in [-0.39, 0.29) is 16.9 Å². The van der Waals surface area contributed by atoms with Crippen molar-refractivity contribution in [3.63, 3.8) is 0 Å². The largest absolute Gasteiger partial charge is 0.393 e. The molecule has 1 fully saturated rings. The summed E-state index contributed by atoms with van der Waals surface area (Å²) in [6.45, 7) is 19.8. The minimum absolute atomic E-state index is 0.105. The van der Waals surface area contributed by atoms with Gasteiger partial charge in [-0.15, -0.1) is 0 Å². The van der Waals surface area contributed by atoms with Crippen LogP contribution in [0.25, 0.3) is 0 Å². The summed E-state index contributed by atoms with van der Waals surface area (Å²) in [6.07, 6.45) is 10.7. The van der Waals surface area contributed by atoms with Crippen LogP contribution in [0.15, 0.2) is 28.3 Å². The molecule has 0 radical (unpaired) electrons. The Morgan fingerprint density at radius 2 is 1.84 bits per heavy atom. The zero-order valence-electron chi connectivity index (χ0n) is 21.1. The molecule has 0 aromatic heterocycles. The van der Waals surface area contributed by atoms with Gasteiger partial charge in [0.15, 0.2) is 0 Å². The third kappa shape index (κ3) is 3.79. The van der Waals surface area contributed by atoms with E-state index in [0.29, 0.717) is 17.8 Å². The maximum atomic E-state index is 10.5. The number of hydrogen-bond donors (Lipinski definition) is 1. The number of fused-ring (bicyclic) bond motifs is 4. The van der Waals surface area contributed by atoms with Gasteiger partial charge in [-0.05, 0) is 98.4 Å². The van der Waals surface area contributed by atoms with E-state index in [1.165, 1.54) is 56.2 Å². The molecule has 3 aliphatic carbocycles. The molecule has 1 N–H and O–H groups in total. The van der Waals surface area contributed by atoms with Gasteiger partial charge >= 0.3 is 0 Å². The third-order valence-corrected chi connectivity index (χ3v) is 10.5. The minimum Gasteiger partial charge on any atom is -0.393 e. The molecule has 2 heteroatoms. The number of aliphatic imine (C=N–C) groups is 1. The smallest absolute Gasteiger partial charge is 0.0569 e. The van der Waals surface area contributed by atoms with Gasteiger partial charge in [0.2, 0.25) is 0 Å². The Hall–Kier alpha value is -0.890. The highest BCUT2D eigenvalue weighted by Gasteiger charge is 2.54. The molecule has 2 nitrogen and oxygen atoms in total. The fourth-order valence-corrected chi connectivity index (χ4v) is 8.13. The quantitative estimate of drug-likeness (QED) is 0.458. The van der Waals surface area contributed by atoms with E-state index in [9.17, 15) is 5.11 Å². The molecule has 31 heavy (non-hydrogen) atoms. The fraction of sp³-hybridized carbons (Fsp3) is 0.828. The lowest BCUT2D eigenvalue weighted by Crippen LogP contribution is -2.51. The molecule has 0 bridgehead atoms. The molecular weight excluding hydrogens is 378 g/mol. The number of aliphatic hydroxyl groups excluding tert-OH is 1. The molecule has 0 aromatic rings. The summed E-state index contributed by atoms with van der Waals surface area (Å²) in [6, 6.07) is 0. The molecular formula is C29H47NO. The van der Waals surface area contributed by atoms with Crippen LogP contribution < -0.4 is 0 Å². The van der Waals surface area contributed by atoms with Crippen molar-refractivity contribution in [1.82, 2.24) is 0 Å². The van der Waals surface area contributed by atoms with Crippen molar-refractivity contribution in [1.29, 1.82) is 0 Å². The Kier molecular flexibility index (Phi) is 6.36. The molecule has 0 amide bonds. The van der Waals surface area contributed by atoms with Crippen molar-refractivity contribution in [2.75, 3.05) is 6.54 Å². The first kappa shape index (κ1) is 23.3. The Labute approximate surface area is 191 Å². The predicted octanol–water partition coefficient (Wildman–Crippen LogP) is 7.38. The van der Waals surface area contributed by atoms with Crippen LogP contribution >= 0.6 is 0 Å². The number of allylic oxidation sites excluding steroid dienone is 3. The fourth-order valence-electron chi connectivity index (χ4n) is 8.13. The number of rotatable bonds is 5. The topological polar surface area (TPSA) is 32.6 Å². The van der Waals surface area contributed by atoms with Crippen LogP contribution in [0.5, 0.6) is 0 Å². The van der Waals surface area contributed by atoms with E-state index in [0.717, 1.165) is 31.2 Å². The molecule has 0 spiro atoms. The predicted molar refractivity (Wildman–Crippen MR) is 132 cm³/mol. The zero-order chi connectivity index (χ0) is 22.6. The number of aliphatic hydroxyl groups is 1. The molecule has 0 aromatic carbocycles. The van der Waals surface area contributed by atoms with Crippen molar-refractivity contribution in [3.8, 4) is 0 Å². The van der Waals surface area contributed by atoms with Crippen LogP contribution in [0.2, 0.25) is 0 Å². The summed E-state index contributed by atoms with van der Waals surface area (Å²) in [5.41, 5.74) is 6.83. The summed E-state index contributed by atoms with van der Waals surface area (Å²) in [4.78, 5) is 5.26. The molecule has 7 atom stereocenters. The Morgan fingerprint density at radius 3 is 2.55 bits per heavy atom. The highest BCUT2D eigenvalue weighted by Crippen LogP contribution is 2.61. The van der Waals surface area contributed by atoms with E-state index >= 15 is 0 Å². The SMILES string of the molecule is C=C(CC[C@@H](C)[C@H]1CCN=C2C3=C(CC[C@@]21C)[C@@]1(C)CC[C@H](O)[C@@H](C)[C@@H]1CC3)C(C)C. The highest BCUT2D eigenvalue weighted by molar-refractivity contribution is 6.06. The number of hydrogen-bond acceptors (Lipinski definition) is 2. The Morgan fingerprint density at radius 1 is 1.10 bits per heavy atom. The van der Waals surface area contributed by atoms with E-state index < -0.39 is 0 Å². The standard InChI is InChI=1S/C29H47NO/c1-18(2)19(3)8-9-20(4)23-14-17-30-27-22-10-11-24-21(5)26(31)13-16-28(24,6)25(22)12-15-29(23,27)7/h18,20-21,23-24,26,31H,3,8-17H2,1-2,4-7H3/t20-,21+,23-,24+,26+,28+,29-/m1/s1. The maximum absolute atomic E-state index is 10.5. The number of nitrogens with zero attached hydrogens (tertiary/aromatic N) is 1. The second kappa shape index (κ2) is 8.47. The van der Waals surface area contributed by atoms with Gasteiger partial charge in [0.1, 0.15) is 0 Å². The van der Waals surface area contributed by atoms with Gasteiger partial charge in [-0.3, -0.25) is 4.99 Å². The first-order chi connectivity index (χ1) is 14.6. The van der Waals surface area contributed by atoms with Crippen molar-refractivity contribution >= 4 is 5.71 Å². The lowest BCUT2D eigenvalue weighted by Gasteiger charge is -2.57. The molecule has 1 heterocycles. The van der Waals surface area contributed by atoms with Crippen molar-refractivity contribution in [2.24, 2.45) is 45.4 Å². The van der Waals surface area contributed by atoms with Crippen LogP contribution in [-0.2, 0) is 0 Å². The summed E-state index contributed by atoms with van der Waals surface area (Å²) >= 11 is 0. The molecule has 1 aliphatic heterocycles. The van der Waals surface area contributed by atoms with Gasteiger partial charge in [0.05, 0.1) is 6.10 Å². The van der Waals surface area contributed by atoms with Gasteiger partial charge in [0, 0.05) is 17.7 Å². The van der Waals surface area contributed by atoms with E-state index in [4.69, 9.17) is 4.99 Å². The monoisotopic (exact) mass is 425 g/mol. The second-order valence-electron chi connectivity index (χ2n) is 12.4. The van der Waals surface area contributed by atoms with Gasteiger partial charge in [-0.1, -0.05) is 59.3 Å². The zero-order valence-corrected chi connectivity index (χ0v) is 21.1. The average molecular weight is 426 g/mol. The van der Waals surface area contributed by atoms with E-state index in [1.807, 2.05) is 0 Å². The molecule has 174 valence electrons. The Balaban J connectivity index is 1.60. The summed E-state index contributed by atoms with van der Waals surface area (Å²) in [5.74, 6) is 3.13. The van der Waals surface area contributed by atoms with Crippen molar-refractivity contribution in [3.05, 3.63) is 23.3 Å². The van der Waals surface area contributed by atoms with Crippen LogP contribution in [-0.4, -0.2) is 23.5 Å². The summed E-state index contributed by atoms with van der Waals surface area (Å²) < 4.78 is 0. The van der Waals surface area contributed by atoms with Gasteiger partial charge < -0.3 is 5.11 Å². The second-order valence-corrected chi connectivity index (χ2v) is 12.4. The maximum Gasteiger partial charge on any atom is 0.0569 e. The Bertz CT molecular complexity index is 776. The lowest BCUT2D eigenvalue weighted by molar-refractivity contribution is -0.0278. The highest BCUT2D eigenvalue weighted by atomic mass is 16.3. The molecule has 0 unspecified atom stereocenters. The first-order valence-corrected chi connectivity index (χ1v) is 13.2. The van der Waals surface area contributed by atoms with Crippen LogP contribution in [0.3, 0.4) is 0 Å². The minimum atomic E-state index is -0.105. The van der Waals surface area contributed by atoms with Crippen LogP contribution in [0.1, 0.15) is 99.3 Å². The lowest BCUT2D eigenvalue weighted by atomic mass is 9.49. The van der Waals surface area contributed by atoms with Gasteiger partial charge in [-0.2, -0.15) is 0 Å². The first-order valence-electron chi connectivity index (χ1n) is 13.2. The van der Waals surface area contributed by atoms with E-state index in [1.54, 1.807) is 11.1 Å². The molecule has 1 saturated carbocycles. The van der Waals surface area contributed by atoms with Crippen molar-refractivity contribution in [2.45, 2.75) is 105 Å². The molecule has 4 aliphatic rings. The normalized spacial score (nSPS) is 41.2. The van der Waals surface area contributed by atoms with Gasteiger partial charge in [0.25, 0.3) is 0 Å². The third-order valence-electron chi connectivity index (χ3n) is 10.5. The van der Waals surface area contributed by atoms with E-state index in [2.05, 4.69) is 48.1 Å². The summed E-state index contributed by atoms with van der Waals surface area (Å²) in [7, 11) is 0.